The van der Waals surface area contributed by atoms with Crippen molar-refractivity contribution in [3.8, 4) is 0 Å². The standard InChI is InChI=1S/C38H56ClN5O7S/c1-7-24(4)33(43-35(47)31-15-11-12-16-44(31)6)36(48)41-29(23(2)3)19-27(21-51-32(45)20-39)37-42-30(22-52-37)34(46)40-28(17-25(5)38(49)50)18-26-13-9-8-10-14-26/h8-10,13-14,22-25,27-29,31,33H,7,11-12,15-21H2,1-6H3,(H,40,46)(H,41,48)(H,43,47)(H,49,50)/t24-,25-,27-,28+,29+,31+,33-/m0/s1. The molecule has 3 rings (SSSR count). The van der Waals surface area contributed by atoms with Crippen LogP contribution in [0.2, 0.25) is 0 Å². The number of aromatic nitrogens is 1. The fourth-order valence-electron chi connectivity index (χ4n) is 6.37. The number of rotatable bonds is 20. The Hall–Kier alpha value is -3.55. The summed E-state index contributed by atoms with van der Waals surface area (Å²) in [5, 5.41) is 20.9. The van der Waals surface area contributed by atoms with Crippen molar-refractivity contribution in [3.05, 3.63) is 52.0 Å². The normalized spacial score (nSPS) is 18.3. The van der Waals surface area contributed by atoms with Crippen molar-refractivity contribution in [2.24, 2.45) is 17.8 Å². The van der Waals surface area contributed by atoms with Crippen LogP contribution in [0, 0.1) is 17.8 Å². The lowest BCUT2D eigenvalue weighted by atomic mass is 9.91. The number of nitrogens with one attached hydrogen (secondary N) is 3. The summed E-state index contributed by atoms with van der Waals surface area (Å²) in [7, 11) is 1.93. The van der Waals surface area contributed by atoms with Gasteiger partial charge in [-0.1, -0.05) is 77.8 Å². The first kappa shape index (κ1) is 42.9. The summed E-state index contributed by atoms with van der Waals surface area (Å²) in [4.78, 5) is 71.2. The average molecular weight is 762 g/mol. The molecule has 1 aromatic carbocycles. The monoisotopic (exact) mass is 761 g/mol. The molecule has 0 unspecified atom stereocenters. The predicted molar refractivity (Wildman–Crippen MR) is 202 cm³/mol. The number of hydrogen-bond acceptors (Lipinski definition) is 9. The highest BCUT2D eigenvalue weighted by Crippen LogP contribution is 2.28. The van der Waals surface area contributed by atoms with E-state index in [-0.39, 0.29) is 60.3 Å². The first-order valence-electron chi connectivity index (χ1n) is 18.3. The van der Waals surface area contributed by atoms with E-state index >= 15 is 0 Å². The Morgan fingerprint density at radius 2 is 1.75 bits per heavy atom. The first-order valence-corrected chi connectivity index (χ1v) is 19.7. The molecular formula is C38H56ClN5O7S. The SMILES string of the molecule is CC[C@H](C)[C@H](NC(=O)[C@H]1CCCCN1C)C(=O)N[C@H](C[C@@H](COC(=O)CCl)c1nc(C(=O)N[C@@H](Cc2ccccc2)C[C@H](C)C(=O)O)cs1)C(C)C. The number of likely N-dealkylation sites (N-methyl/N-ethyl adjacent to an activating group) is 1. The number of esters is 1. The summed E-state index contributed by atoms with van der Waals surface area (Å²) in [5.41, 5.74) is 1.12. The third kappa shape index (κ3) is 13.1. The number of carboxylic acids is 1. The molecule has 2 aromatic rings. The van der Waals surface area contributed by atoms with Crippen LogP contribution in [0.5, 0.6) is 0 Å². The maximum Gasteiger partial charge on any atom is 0.320 e. The molecule has 0 spiro atoms. The maximum atomic E-state index is 13.9. The molecule has 7 atom stereocenters. The lowest BCUT2D eigenvalue weighted by Crippen LogP contribution is -2.57. The zero-order chi connectivity index (χ0) is 38.4. The van der Waals surface area contributed by atoms with Crippen LogP contribution in [0.3, 0.4) is 0 Å². The van der Waals surface area contributed by atoms with Gasteiger partial charge in [0.1, 0.15) is 29.2 Å². The molecule has 0 saturated carbocycles. The predicted octanol–water partition coefficient (Wildman–Crippen LogP) is 5.01. The molecular weight excluding hydrogens is 706 g/mol. The Bertz CT molecular complexity index is 1470. The summed E-state index contributed by atoms with van der Waals surface area (Å²) in [6.45, 7) is 10.3. The van der Waals surface area contributed by atoms with Gasteiger partial charge in [0.25, 0.3) is 5.91 Å². The third-order valence-corrected chi connectivity index (χ3v) is 11.1. The number of carbonyl (C=O) groups excluding carboxylic acids is 4. The Morgan fingerprint density at radius 3 is 2.37 bits per heavy atom. The molecule has 0 radical (unpaired) electrons. The van der Waals surface area contributed by atoms with Crippen molar-refractivity contribution in [3.63, 3.8) is 0 Å². The van der Waals surface area contributed by atoms with Crippen molar-refractivity contribution in [2.45, 2.75) is 110 Å². The number of piperidine rings is 1. The minimum absolute atomic E-state index is 0.0364. The van der Waals surface area contributed by atoms with Crippen molar-refractivity contribution < 1.29 is 33.8 Å². The quantitative estimate of drug-likeness (QED) is 0.107. The van der Waals surface area contributed by atoms with Gasteiger partial charge in [-0.25, -0.2) is 4.98 Å². The van der Waals surface area contributed by atoms with Crippen LogP contribution < -0.4 is 16.0 Å². The van der Waals surface area contributed by atoms with E-state index in [0.717, 1.165) is 31.4 Å². The highest BCUT2D eigenvalue weighted by molar-refractivity contribution is 7.09. The van der Waals surface area contributed by atoms with Crippen LogP contribution in [0.1, 0.15) is 100 Å². The van der Waals surface area contributed by atoms with E-state index in [0.29, 0.717) is 24.3 Å². The zero-order valence-corrected chi connectivity index (χ0v) is 32.8. The zero-order valence-electron chi connectivity index (χ0n) is 31.2. The minimum Gasteiger partial charge on any atom is -0.481 e. The second-order valence-electron chi connectivity index (χ2n) is 14.4. The molecule has 1 fully saturated rings. The van der Waals surface area contributed by atoms with Gasteiger partial charge >= 0.3 is 11.9 Å². The smallest absolute Gasteiger partial charge is 0.320 e. The fraction of sp³-hybridized carbons (Fsp3) is 0.632. The Labute approximate surface area is 316 Å². The number of alkyl halides is 1. The molecule has 0 bridgehead atoms. The van der Waals surface area contributed by atoms with Crippen molar-refractivity contribution in [1.29, 1.82) is 0 Å². The van der Waals surface area contributed by atoms with Crippen LogP contribution in [-0.2, 0) is 30.3 Å². The summed E-state index contributed by atoms with van der Waals surface area (Å²) in [5.74, 6) is -4.05. The van der Waals surface area contributed by atoms with Gasteiger partial charge in [-0.05, 0) is 63.1 Å². The summed E-state index contributed by atoms with van der Waals surface area (Å²) in [6, 6.07) is 7.68. The average Bonchev–Trinajstić information content (AvgIpc) is 3.62. The first-order chi connectivity index (χ1) is 24.7. The number of benzene rings is 1. The number of likely N-dealkylation sites (tertiary alicyclic amines) is 1. The lowest BCUT2D eigenvalue weighted by Gasteiger charge is -2.34. The van der Waals surface area contributed by atoms with Gasteiger partial charge < -0.3 is 25.8 Å². The second-order valence-corrected chi connectivity index (χ2v) is 15.5. The van der Waals surface area contributed by atoms with E-state index in [2.05, 4.69) is 20.9 Å². The van der Waals surface area contributed by atoms with Crippen LogP contribution in [0.25, 0.3) is 0 Å². The number of nitrogens with zero attached hydrogens (tertiary/aromatic N) is 2. The number of carboxylic acid groups (broad SMARTS) is 1. The fourth-order valence-corrected chi connectivity index (χ4v) is 7.34. The van der Waals surface area contributed by atoms with E-state index in [1.54, 1.807) is 12.3 Å². The Kier molecular flexibility index (Phi) is 17.5. The lowest BCUT2D eigenvalue weighted by molar-refractivity contribution is -0.142. The van der Waals surface area contributed by atoms with Crippen LogP contribution in [0.15, 0.2) is 35.7 Å². The number of ether oxygens (including phenoxy) is 1. The van der Waals surface area contributed by atoms with Gasteiger partial charge in [0.2, 0.25) is 11.8 Å². The molecule has 1 aromatic heterocycles. The molecule has 14 heteroatoms. The second kappa shape index (κ2) is 21.2. The van der Waals surface area contributed by atoms with Crippen LogP contribution >= 0.6 is 22.9 Å². The van der Waals surface area contributed by atoms with Gasteiger partial charge in [0.05, 0.1) is 12.0 Å². The molecule has 1 aliphatic heterocycles. The largest absolute Gasteiger partial charge is 0.481 e. The van der Waals surface area contributed by atoms with Gasteiger partial charge in [-0.3, -0.25) is 28.9 Å². The van der Waals surface area contributed by atoms with E-state index in [1.165, 1.54) is 11.3 Å². The van der Waals surface area contributed by atoms with E-state index < -0.39 is 41.8 Å². The third-order valence-electron chi connectivity index (χ3n) is 9.92. The topological polar surface area (TPSA) is 167 Å². The summed E-state index contributed by atoms with van der Waals surface area (Å²) < 4.78 is 5.46. The molecule has 0 aliphatic carbocycles. The van der Waals surface area contributed by atoms with Crippen molar-refractivity contribution >= 4 is 52.6 Å². The molecule has 2 heterocycles. The van der Waals surface area contributed by atoms with Crippen molar-refractivity contribution in [2.75, 3.05) is 26.1 Å². The number of thiazole rings is 1. The molecule has 52 heavy (non-hydrogen) atoms. The molecule has 3 amide bonds. The van der Waals surface area contributed by atoms with Crippen LogP contribution in [-0.4, -0.2) is 94.9 Å². The maximum absolute atomic E-state index is 13.9. The van der Waals surface area contributed by atoms with Crippen LogP contribution in [0.4, 0.5) is 0 Å². The van der Waals surface area contributed by atoms with Gasteiger partial charge in [-0.15, -0.1) is 22.9 Å². The van der Waals surface area contributed by atoms with Crippen molar-refractivity contribution in [1.82, 2.24) is 25.8 Å². The Balaban J connectivity index is 1.80. The number of aliphatic carboxylic acids is 1. The van der Waals surface area contributed by atoms with E-state index in [4.69, 9.17) is 16.3 Å². The van der Waals surface area contributed by atoms with Gasteiger partial charge in [-0.2, -0.15) is 0 Å². The number of carbonyl (C=O) groups is 5. The molecule has 1 saturated heterocycles. The summed E-state index contributed by atoms with van der Waals surface area (Å²) in [6.07, 6.45) is 4.46. The number of halogens is 1. The molecule has 12 nitrogen and oxygen atoms in total. The molecule has 4 N–H and O–H groups in total. The highest BCUT2D eigenvalue weighted by Gasteiger charge is 2.34. The van der Waals surface area contributed by atoms with E-state index in [9.17, 15) is 29.1 Å². The van der Waals surface area contributed by atoms with Gasteiger partial charge in [0.15, 0.2) is 0 Å². The minimum atomic E-state index is -0.945. The summed E-state index contributed by atoms with van der Waals surface area (Å²) >= 11 is 6.97. The Morgan fingerprint density at radius 1 is 1.04 bits per heavy atom. The molecule has 1 aliphatic rings. The number of hydrogen-bond donors (Lipinski definition) is 4. The van der Waals surface area contributed by atoms with Gasteiger partial charge in [0, 0.05) is 23.4 Å². The van der Waals surface area contributed by atoms with E-state index in [1.807, 2.05) is 70.0 Å². The molecule has 288 valence electrons. The number of amides is 3. The highest BCUT2D eigenvalue weighted by atomic mass is 35.5.